The molecule has 0 bridgehead atoms. The molecule has 1 N–H and O–H groups in total. The van der Waals surface area contributed by atoms with E-state index in [9.17, 15) is 10.1 Å². The average molecular weight is 454 g/mol. The van der Waals surface area contributed by atoms with Crippen molar-refractivity contribution < 1.29 is 4.79 Å². The highest BCUT2D eigenvalue weighted by atomic mass is 16.1. The Kier molecular flexibility index (Phi) is 5.98. The highest BCUT2D eigenvalue weighted by Crippen LogP contribution is 2.41. The van der Waals surface area contributed by atoms with Crippen LogP contribution in [-0.2, 0) is 0 Å². The van der Waals surface area contributed by atoms with Crippen LogP contribution in [-0.4, -0.2) is 10.5 Å². The van der Waals surface area contributed by atoms with Gasteiger partial charge in [-0.3, -0.25) is 4.79 Å². The van der Waals surface area contributed by atoms with Crippen LogP contribution in [0.1, 0.15) is 21.6 Å². The van der Waals surface area contributed by atoms with E-state index in [1.165, 1.54) is 0 Å². The third-order valence-electron chi connectivity index (χ3n) is 6.04. The number of carbonyl (C=O) groups is 1. The van der Waals surface area contributed by atoms with Crippen molar-refractivity contribution in [2.24, 2.45) is 0 Å². The first kappa shape index (κ1) is 21.9. The van der Waals surface area contributed by atoms with Crippen LogP contribution in [0.25, 0.3) is 28.1 Å². The summed E-state index contributed by atoms with van der Waals surface area (Å²) in [6.07, 6.45) is 0. The van der Waals surface area contributed by atoms with E-state index in [4.69, 9.17) is 0 Å². The number of nitrogens with one attached hydrogen (secondary N) is 1. The second kappa shape index (κ2) is 9.54. The largest absolute Gasteiger partial charge is 0.322 e. The molecular formula is C31H23N3O. The van der Waals surface area contributed by atoms with E-state index >= 15 is 0 Å². The van der Waals surface area contributed by atoms with Gasteiger partial charge in [0.15, 0.2) is 0 Å². The van der Waals surface area contributed by atoms with Gasteiger partial charge in [0.2, 0.25) is 0 Å². The maximum Gasteiger partial charge on any atom is 0.258 e. The minimum Gasteiger partial charge on any atom is -0.322 e. The Hall–Kier alpha value is -4.88. The van der Waals surface area contributed by atoms with Gasteiger partial charge in [-0.1, -0.05) is 91.0 Å². The van der Waals surface area contributed by atoms with E-state index in [0.717, 1.165) is 39.5 Å². The summed E-state index contributed by atoms with van der Waals surface area (Å²) in [7, 11) is 0. The molecule has 5 aromatic rings. The molecule has 0 atom stereocenters. The summed E-state index contributed by atoms with van der Waals surface area (Å²) in [6.45, 7) is 1.94. The van der Waals surface area contributed by atoms with Crippen molar-refractivity contribution in [1.29, 1.82) is 5.26 Å². The number of carbonyl (C=O) groups excluding carboxylic acids is 1. The molecule has 1 heterocycles. The lowest BCUT2D eigenvalue weighted by Gasteiger charge is -2.15. The first-order chi connectivity index (χ1) is 17.2. The summed E-state index contributed by atoms with van der Waals surface area (Å²) in [4.78, 5) is 13.8. The summed E-state index contributed by atoms with van der Waals surface area (Å²) in [6, 6.07) is 39.2. The van der Waals surface area contributed by atoms with Gasteiger partial charge in [0.1, 0.15) is 6.07 Å². The number of hydrogen-bond acceptors (Lipinski definition) is 2. The molecule has 0 saturated carbocycles. The third-order valence-corrected chi connectivity index (χ3v) is 6.04. The molecule has 1 aromatic heterocycles. The molecule has 4 aromatic carbocycles. The predicted octanol–water partition coefficient (Wildman–Crippen LogP) is 7.24. The summed E-state index contributed by atoms with van der Waals surface area (Å²) in [5.74, 6) is -0.196. The van der Waals surface area contributed by atoms with Crippen LogP contribution in [0.5, 0.6) is 0 Å². The Labute approximate surface area is 204 Å². The molecule has 0 unspecified atom stereocenters. The lowest BCUT2D eigenvalue weighted by molar-refractivity contribution is 0.102. The number of nitriles is 1. The summed E-state index contributed by atoms with van der Waals surface area (Å²) < 4.78 is 2.04. The number of rotatable bonds is 5. The van der Waals surface area contributed by atoms with E-state index in [1.54, 1.807) is 6.07 Å². The fourth-order valence-corrected chi connectivity index (χ4v) is 4.50. The molecule has 4 heteroatoms. The number of amides is 1. The van der Waals surface area contributed by atoms with Crippen LogP contribution in [0.15, 0.2) is 115 Å². The quantitative estimate of drug-likeness (QED) is 0.305. The van der Waals surface area contributed by atoms with Gasteiger partial charge in [-0.25, -0.2) is 0 Å². The van der Waals surface area contributed by atoms with E-state index in [2.05, 4.69) is 11.4 Å². The fourth-order valence-electron chi connectivity index (χ4n) is 4.50. The van der Waals surface area contributed by atoms with Gasteiger partial charge in [-0.2, -0.15) is 5.26 Å². The lowest BCUT2D eigenvalue weighted by atomic mass is 9.96. The van der Waals surface area contributed by atoms with Gasteiger partial charge < -0.3 is 9.88 Å². The highest BCUT2D eigenvalue weighted by molar-refractivity contribution is 6.12. The van der Waals surface area contributed by atoms with Crippen LogP contribution in [0.3, 0.4) is 0 Å². The fraction of sp³-hybridized carbons (Fsp3) is 0.0323. The standard InChI is InChI=1S/C31H23N3O/c1-22-28(31(35)33-26-18-9-4-10-19-26)29(23-13-5-2-6-14-23)30(24-15-7-3-8-16-24)34(22)27-20-12-11-17-25(27)21-32/h2-20H,1H3,(H,33,35). The maximum absolute atomic E-state index is 13.8. The van der Waals surface area contributed by atoms with Crippen LogP contribution in [0, 0.1) is 18.3 Å². The number of anilines is 1. The Balaban J connectivity index is 1.86. The summed E-state index contributed by atoms with van der Waals surface area (Å²) in [5, 5.41) is 13.0. The molecule has 168 valence electrons. The number of para-hydroxylation sites is 2. The van der Waals surface area contributed by atoms with Crippen molar-refractivity contribution in [3.8, 4) is 34.1 Å². The van der Waals surface area contributed by atoms with Crippen molar-refractivity contribution in [3.05, 3.63) is 132 Å². The number of aromatic nitrogens is 1. The lowest BCUT2D eigenvalue weighted by Crippen LogP contribution is -2.14. The van der Waals surface area contributed by atoms with Gasteiger partial charge >= 0.3 is 0 Å². The second-order valence-electron chi connectivity index (χ2n) is 8.20. The Morgan fingerprint density at radius 2 is 1.29 bits per heavy atom. The molecule has 0 radical (unpaired) electrons. The minimum absolute atomic E-state index is 0.196. The van der Waals surface area contributed by atoms with Crippen molar-refractivity contribution in [2.45, 2.75) is 6.92 Å². The van der Waals surface area contributed by atoms with Crippen molar-refractivity contribution in [1.82, 2.24) is 4.57 Å². The van der Waals surface area contributed by atoms with Gasteiger partial charge in [0, 0.05) is 16.9 Å². The molecule has 0 aliphatic rings. The molecule has 4 nitrogen and oxygen atoms in total. The number of nitrogens with zero attached hydrogens (tertiary/aromatic N) is 2. The zero-order chi connectivity index (χ0) is 24.2. The van der Waals surface area contributed by atoms with Gasteiger partial charge in [0.25, 0.3) is 5.91 Å². The Morgan fingerprint density at radius 3 is 1.91 bits per heavy atom. The highest BCUT2D eigenvalue weighted by Gasteiger charge is 2.28. The summed E-state index contributed by atoms with van der Waals surface area (Å²) in [5.41, 5.74) is 6.93. The number of benzene rings is 4. The molecular weight excluding hydrogens is 430 g/mol. The van der Waals surface area contributed by atoms with Crippen LogP contribution in [0.2, 0.25) is 0 Å². The first-order valence-corrected chi connectivity index (χ1v) is 11.4. The molecule has 0 fully saturated rings. The van der Waals surface area contributed by atoms with E-state index in [1.807, 2.05) is 121 Å². The van der Waals surface area contributed by atoms with E-state index < -0.39 is 0 Å². The van der Waals surface area contributed by atoms with Gasteiger partial charge in [0.05, 0.1) is 22.5 Å². The van der Waals surface area contributed by atoms with Crippen LogP contribution < -0.4 is 5.32 Å². The SMILES string of the molecule is Cc1c(C(=O)Nc2ccccc2)c(-c2ccccc2)c(-c2ccccc2)n1-c1ccccc1C#N. The molecule has 0 aliphatic heterocycles. The minimum atomic E-state index is -0.196. The second-order valence-corrected chi connectivity index (χ2v) is 8.20. The van der Waals surface area contributed by atoms with Gasteiger partial charge in [-0.15, -0.1) is 0 Å². The molecule has 0 spiro atoms. The van der Waals surface area contributed by atoms with Gasteiger partial charge in [-0.05, 0) is 42.3 Å². The van der Waals surface area contributed by atoms with E-state index in [-0.39, 0.29) is 5.91 Å². The topological polar surface area (TPSA) is 57.8 Å². The predicted molar refractivity (Wildman–Crippen MR) is 140 cm³/mol. The Morgan fingerprint density at radius 1 is 0.743 bits per heavy atom. The zero-order valence-electron chi connectivity index (χ0n) is 19.3. The summed E-state index contributed by atoms with van der Waals surface area (Å²) >= 11 is 0. The van der Waals surface area contributed by atoms with Crippen molar-refractivity contribution in [2.75, 3.05) is 5.32 Å². The van der Waals surface area contributed by atoms with Crippen molar-refractivity contribution >= 4 is 11.6 Å². The van der Waals surface area contributed by atoms with Crippen LogP contribution >= 0.6 is 0 Å². The third kappa shape index (κ3) is 4.12. The van der Waals surface area contributed by atoms with Crippen LogP contribution in [0.4, 0.5) is 5.69 Å². The molecule has 35 heavy (non-hydrogen) atoms. The smallest absolute Gasteiger partial charge is 0.258 e. The average Bonchev–Trinajstić information content (AvgIpc) is 3.23. The normalized spacial score (nSPS) is 10.5. The van der Waals surface area contributed by atoms with Crippen molar-refractivity contribution in [3.63, 3.8) is 0 Å². The number of hydrogen-bond donors (Lipinski definition) is 1. The maximum atomic E-state index is 13.8. The molecule has 1 amide bonds. The Bertz CT molecular complexity index is 1530. The monoisotopic (exact) mass is 453 g/mol. The first-order valence-electron chi connectivity index (χ1n) is 11.4. The molecule has 0 aliphatic carbocycles. The van der Waals surface area contributed by atoms with E-state index in [0.29, 0.717) is 11.1 Å². The zero-order valence-corrected chi connectivity index (χ0v) is 19.3. The molecule has 0 saturated heterocycles. The molecule has 5 rings (SSSR count).